The molecule has 11 aromatic rings. The van der Waals surface area contributed by atoms with Crippen LogP contribution in [0.15, 0.2) is 197 Å². The fourth-order valence-electron chi connectivity index (χ4n) is 7.91. The Morgan fingerprint density at radius 2 is 0.964 bits per heavy atom. The molecular weight excluding hydrogens is 687 g/mol. The van der Waals surface area contributed by atoms with E-state index in [1.54, 1.807) is 0 Å². The molecule has 5 nitrogen and oxygen atoms in total. The van der Waals surface area contributed by atoms with Crippen molar-refractivity contribution >= 4 is 43.9 Å². The van der Waals surface area contributed by atoms with Gasteiger partial charge in [0.2, 0.25) is 0 Å². The predicted molar refractivity (Wildman–Crippen MR) is 227 cm³/mol. The molecule has 7 aromatic carbocycles. The van der Waals surface area contributed by atoms with E-state index in [9.17, 15) is 0 Å². The van der Waals surface area contributed by atoms with Gasteiger partial charge in [0.15, 0.2) is 5.82 Å². The van der Waals surface area contributed by atoms with E-state index in [2.05, 4.69) is 108 Å². The number of aromatic nitrogens is 3. The Kier molecular flexibility index (Phi) is 7.42. The molecule has 0 saturated heterocycles. The van der Waals surface area contributed by atoms with E-state index in [0.29, 0.717) is 5.82 Å². The molecule has 0 fully saturated rings. The average molecular weight is 718 g/mol. The average Bonchev–Trinajstić information content (AvgIpc) is 3.85. The highest BCUT2D eigenvalue weighted by molar-refractivity contribution is 6.17. The van der Waals surface area contributed by atoms with Gasteiger partial charge in [0.1, 0.15) is 22.3 Å². The van der Waals surface area contributed by atoms with Gasteiger partial charge in [-0.2, -0.15) is 0 Å². The van der Waals surface area contributed by atoms with E-state index < -0.39 is 0 Å². The normalized spacial score (nSPS) is 11.6. The molecule has 0 bridgehead atoms. The SMILES string of the molecule is c1ccc(-c2cc(-c3ccccc3-c3ccccn3)nc(-c3ccc(-c4ccc(-c5ccc6c(c5)oc5ccccc56)c5c4oc4ccccc45)cc3)n2)cc1. The van der Waals surface area contributed by atoms with Crippen LogP contribution in [0, 0.1) is 0 Å². The molecule has 0 aliphatic carbocycles. The Morgan fingerprint density at radius 1 is 0.339 bits per heavy atom. The quantitative estimate of drug-likeness (QED) is 0.171. The monoisotopic (exact) mass is 717 g/mol. The minimum absolute atomic E-state index is 0.647. The van der Waals surface area contributed by atoms with Crippen LogP contribution in [0.5, 0.6) is 0 Å². The molecule has 0 unspecified atom stereocenters. The molecule has 0 N–H and O–H groups in total. The van der Waals surface area contributed by atoms with Crippen molar-refractivity contribution in [3.63, 3.8) is 0 Å². The number of furan rings is 2. The molecule has 5 heteroatoms. The van der Waals surface area contributed by atoms with E-state index >= 15 is 0 Å². The van der Waals surface area contributed by atoms with E-state index in [1.165, 1.54) is 0 Å². The van der Waals surface area contributed by atoms with Gasteiger partial charge in [0.05, 0.1) is 17.1 Å². The van der Waals surface area contributed by atoms with Crippen molar-refractivity contribution in [2.45, 2.75) is 0 Å². The van der Waals surface area contributed by atoms with Crippen molar-refractivity contribution in [2.24, 2.45) is 0 Å². The molecule has 0 atom stereocenters. The lowest BCUT2D eigenvalue weighted by atomic mass is 9.94. The first kappa shape index (κ1) is 31.9. The number of hydrogen-bond donors (Lipinski definition) is 0. The van der Waals surface area contributed by atoms with Gasteiger partial charge in [-0.25, -0.2) is 9.97 Å². The summed E-state index contributed by atoms with van der Waals surface area (Å²) in [6.07, 6.45) is 1.82. The highest BCUT2D eigenvalue weighted by atomic mass is 16.3. The van der Waals surface area contributed by atoms with Crippen molar-refractivity contribution in [1.82, 2.24) is 15.0 Å². The fourth-order valence-corrected chi connectivity index (χ4v) is 7.91. The van der Waals surface area contributed by atoms with Crippen LogP contribution in [0.3, 0.4) is 0 Å². The highest BCUT2D eigenvalue weighted by Crippen LogP contribution is 2.43. The van der Waals surface area contributed by atoms with Gasteiger partial charge in [0, 0.05) is 55.6 Å². The van der Waals surface area contributed by atoms with Crippen LogP contribution >= 0.6 is 0 Å². The first-order chi connectivity index (χ1) is 27.7. The van der Waals surface area contributed by atoms with E-state index in [0.717, 1.165) is 105 Å². The van der Waals surface area contributed by atoms with Gasteiger partial charge in [-0.3, -0.25) is 4.98 Å². The second-order valence-corrected chi connectivity index (χ2v) is 13.9. The van der Waals surface area contributed by atoms with Crippen LogP contribution < -0.4 is 0 Å². The van der Waals surface area contributed by atoms with Crippen LogP contribution in [-0.4, -0.2) is 15.0 Å². The Morgan fingerprint density at radius 3 is 1.77 bits per heavy atom. The van der Waals surface area contributed by atoms with Gasteiger partial charge in [0.25, 0.3) is 0 Å². The number of fused-ring (bicyclic) bond motifs is 6. The number of rotatable bonds is 6. The highest BCUT2D eigenvalue weighted by Gasteiger charge is 2.19. The molecule has 4 aromatic heterocycles. The molecule has 0 saturated carbocycles. The molecule has 0 aliphatic rings. The molecule has 0 aliphatic heterocycles. The van der Waals surface area contributed by atoms with E-state index in [4.69, 9.17) is 18.8 Å². The summed E-state index contributed by atoms with van der Waals surface area (Å²) in [5.74, 6) is 0.647. The van der Waals surface area contributed by atoms with Gasteiger partial charge < -0.3 is 8.83 Å². The first-order valence-electron chi connectivity index (χ1n) is 18.7. The minimum Gasteiger partial charge on any atom is -0.456 e. The topological polar surface area (TPSA) is 65.0 Å². The van der Waals surface area contributed by atoms with Gasteiger partial charge in [-0.1, -0.05) is 133 Å². The van der Waals surface area contributed by atoms with Crippen LogP contribution in [0.2, 0.25) is 0 Å². The zero-order chi connectivity index (χ0) is 37.0. The van der Waals surface area contributed by atoms with Crippen molar-refractivity contribution in [3.05, 3.63) is 188 Å². The van der Waals surface area contributed by atoms with Crippen molar-refractivity contribution in [1.29, 1.82) is 0 Å². The largest absolute Gasteiger partial charge is 0.456 e. The zero-order valence-electron chi connectivity index (χ0n) is 30.1. The Hall–Kier alpha value is -7.63. The smallest absolute Gasteiger partial charge is 0.160 e. The second kappa shape index (κ2) is 13.0. The summed E-state index contributed by atoms with van der Waals surface area (Å²) in [7, 11) is 0. The first-order valence-corrected chi connectivity index (χ1v) is 18.7. The van der Waals surface area contributed by atoms with Crippen LogP contribution in [0.4, 0.5) is 0 Å². The summed E-state index contributed by atoms with van der Waals surface area (Å²) in [5, 5.41) is 4.38. The third-order valence-corrected chi connectivity index (χ3v) is 10.6. The van der Waals surface area contributed by atoms with Crippen LogP contribution in [-0.2, 0) is 0 Å². The van der Waals surface area contributed by atoms with E-state index in [1.807, 2.05) is 85.1 Å². The lowest BCUT2D eigenvalue weighted by molar-refractivity contribution is 0.668. The third kappa shape index (κ3) is 5.37. The summed E-state index contributed by atoms with van der Waals surface area (Å²) in [5.41, 5.74) is 14.2. The summed E-state index contributed by atoms with van der Waals surface area (Å²) in [6.45, 7) is 0. The summed E-state index contributed by atoms with van der Waals surface area (Å²) in [4.78, 5) is 15.0. The number of benzene rings is 7. The minimum atomic E-state index is 0.647. The van der Waals surface area contributed by atoms with Gasteiger partial charge in [-0.05, 0) is 65.2 Å². The van der Waals surface area contributed by atoms with Gasteiger partial charge in [-0.15, -0.1) is 0 Å². The standard InChI is InChI=1S/C51H31N3O2/c1-2-12-33(13-3-1)44-31-45(39-15-5-4-14-38(39)43-18-10-11-29-52-43)54-51(53-44)34-23-21-32(22-24-34)37-28-27-36(49-42-17-7-9-20-47(42)56-50(37)49)35-25-26-41-40-16-6-8-19-46(40)55-48(41)30-35/h1-31H. The van der Waals surface area contributed by atoms with Crippen LogP contribution in [0.1, 0.15) is 0 Å². The van der Waals surface area contributed by atoms with E-state index in [-0.39, 0.29) is 0 Å². The Labute approximate surface area is 322 Å². The maximum Gasteiger partial charge on any atom is 0.160 e. The number of hydrogen-bond acceptors (Lipinski definition) is 5. The van der Waals surface area contributed by atoms with Gasteiger partial charge >= 0.3 is 0 Å². The second-order valence-electron chi connectivity index (χ2n) is 13.9. The summed E-state index contributed by atoms with van der Waals surface area (Å²) in [6, 6.07) is 62.4. The fraction of sp³-hybridized carbons (Fsp3) is 0. The molecule has 4 heterocycles. The molecular formula is C51H31N3O2. The molecule has 0 amide bonds. The van der Waals surface area contributed by atoms with Crippen molar-refractivity contribution < 1.29 is 8.83 Å². The maximum atomic E-state index is 6.67. The Balaban J connectivity index is 1.03. The number of nitrogens with zero attached hydrogens (tertiary/aromatic N) is 3. The summed E-state index contributed by atoms with van der Waals surface area (Å²) >= 11 is 0. The predicted octanol–water partition coefficient (Wildman–Crippen LogP) is 13.7. The van der Waals surface area contributed by atoms with Crippen molar-refractivity contribution in [2.75, 3.05) is 0 Å². The third-order valence-electron chi connectivity index (χ3n) is 10.6. The zero-order valence-corrected chi connectivity index (χ0v) is 30.1. The van der Waals surface area contributed by atoms with Crippen LogP contribution in [0.25, 0.3) is 111 Å². The maximum absolute atomic E-state index is 6.67. The molecule has 0 radical (unpaired) electrons. The molecule has 11 rings (SSSR count). The summed E-state index contributed by atoms with van der Waals surface area (Å²) < 4.78 is 13.0. The molecule has 262 valence electrons. The lowest BCUT2D eigenvalue weighted by Gasteiger charge is -2.13. The molecule has 56 heavy (non-hydrogen) atoms. The molecule has 0 spiro atoms. The lowest BCUT2D eigenvalue weighted by Crippen LogP contribution is -1.97. The Bertz CT molecular complexity index is 3240. The number of para-hydroxylation sites is 2. The van der Waals surface area contributed by atoms with Crippen molar-refractivity contribution in [3.8, 4) is 67.4 Å². The number of pyridine rings is 1.